The molecule has 0 aliphatic carbocycles. The Balaban J connectivity index is 1.50. The molecule has 3 aromatic carbocycles. The SMILES string of the molecule is O=C(COc1cc(Cl)c(Cl)cc1Cl)OCCN(CCOC(=O)COc1cc(Cl)c(Cl)cc1Cl)C(=O)COc1ccc(Cl)cc1. The summed E-state index contributed by atoms with van der Waals surface area (Å²) in [4.78, 5) is 38.7. The summed E-state index contributed by atoms with van der Waals surface area (Å²) < 4.78 is 26.6. The lowest BCUT2D eigenvalue weighted by molar-refractivity contribution is -0.150. The molecule has 0 spiro atoms. The zero-order valence-electron chi connectivity index (χ0n) is 22.4. The number of carbonyl (C=O) groups is 3. The normalized spacial score (nSPS) is 10.6. The van der Waals surface area contributed by atoms with E-state index in [2.05, 4.69) is 0 Å². The molecule has 0 fully saturated rings. The Morgan fingerprint density at radius 3 is 1.43 bits per heavy atom. The summed E-state index contributed by atoms with van der Waals surface area (Å²) in [6.07, 6.45) is 0. The first-order valence-electron chi connectivity index (χ1n) is 12.4. The minimum absolute atomic E-state index is 0.0466. The molecule has 16 heteroatoms. The molecule has 0 N–H and O–H groups in total. The van der Waals surface area contributed by atoms with Gasteiger partial charge >= 0.3 is 11.9 Å². The molecular weight excluding hydrogens is 726 g/mol. The van der Waals surface area contributed by atoms with Gasteiger partial charge in [0.05, 0.1) is 43.2 Å². The van der Waals surface area contributed by atoms with Gasteiger partial charge in [-0.25, -0.2) is 9.59 Å². The van der Waals surface area contributed by atoms with Gasteiger partial charge in [0.15, 0.2) is 19.8 Å². The van der Waals surface area contributed by atoms with Gasteiger partial charge in [-0.05, 0) is 36.4 Å². The number of hydrogen-bond donors (Lipinski definition) is 0. The third-order valence-corrected chi connectivity index (χ3v) is 7.70. The van der Waals surface area contributed by atoms with Crippen LogP contribution in [-0.2, 0) is 23.9 Å². The standard InChI is InChI=1S/C28H22Cl7NO8/c29-16-1-3-17(4-2-16)42-13-26(37)36(5-7-40-27(38)14-43-24-11-20(32)18(30)9-22(24)34)6-8-41-28(39)15-44-25-12-21(33)19(31)10-23(25)35/h1-4,9-12H,5-8,13-15H2. The maximum Gasteiger partial charge on any atom is 0.344 e. The minimum atomic E-state index is -0.735. The zero-order chi connectivity index (χ0) is 32.2. The molecule has 3 aromatic rings. The molecular formula is C28H22Cl7NO8. The van der Waals surface area contributed by atoms with Crippen LogP contribution in [0.5, 0.6) is 17.2 Å². The van der Waals surface area contributed by atoms with Gasteiger partial charge in [0.2, 0.25) is 0 Å². The molecule has 44 heavy (non-hydrogen) atoms. The summed E-state index contributed by atoms with van der Waals surface area (Å²) in [6, 6.07) is 11.9. The Labute approximate surface area is 287 Å². The summed E-state index contributed by atoms with van der Waals surface area (Å²) in [5.41, 5.74) is 0. The molecule has 0 saturated carbocycles. The van der Waals surface area contributed by atoms with E-state index in [1.807, 2.05) is 0 Å². The Hall–Kier alpha value is -2.50. The van der Waals surface area contributed by atoms with Crippen molar-refractivity contribution in [3.05, 3.63) is 83.7 Å². The second-order valence-electron chi connectivity index (χ2n) is 8.54. The van der Waals surface area contributed by atoms with Crippen LogP contribution in [0.2, 0.25) is 35.2 Å². The molecule has 0 radical (unpaired) electrons. The summed E-state index contributed by atoms with van der Waals surface area (Å²) in [5.74, 6) is -1.24. The number of nitrogens with zero attached hydrogens (tertiary/aromatic N) is 1. The van der Waals surface area contributed by atoms with Crippen molar-refractivity contribution in [2.24, 2.45) is 0 Å². The Morgan fingerprint density at radius 1 is 0.545 bits per heavy atom. The smallest absolute Gasteiger partial charge is 0.344 e. The quantitative estimate of drug-likeness (QED) is 0.115. The van der Waals surface area contributed by atoms with Crippen LogP contribution in [0, 0.1) is 0 Å². The molecule has 9 nitrogen and oxygen atoms in total. The van der Waals surface area contributed by atoms with E-state index in [0.717, 1.165) is 0 Å². The van der Waals surface area contributed by atoms with E-state index >= 15 is 0 Å². The van der Waals surface area contributed by atoms with Crippen LogP contribution in [0.25, 0.3) is 0 Å². The minimum Gasteiger partial charge on any atom is -0.484 e. The van der Waals surface area contributed by atoms with E-state index in [-0.39, 0.29) is 74.5 Å². The molecule has 1 amide bonds. The predicted octanol–water partition coefficient (Wildman–Crippen LogP) is 7.71. The predicted molar refractivity (Wildman–Crippen MR) is 169 cm³/mol. The molecule has 0 aliphatic rings. The average Bonchev–Trinajstić information content (AvgIpc) is 2.98. The van der Waals surface area contributed by atoms with E-state index in [9.17, 15) is 14.4 Å². The van der Waals surface area contributed by atoms with Crippen LogP contribution >= 0.6 is 81.2 Å². The molecule has 0 aromatic heterocycles. The van der Waals surface area contributed by atoms with Crippen molar-refractivity contribution < 1.29 is 38.1 Å². The first-order valence-corrected chi connectivity index (χ1v) is 15.1. The molecule has 0 bridgehead atoms. The molecule has 236 valence electrons. The van der Waals surface area contributed by atoms with Gasteiger partial charge in [-0.1, -0.05) is 81.2 Å². The van der Waals surface area contributed by atoms with E-state index in [4.69, 9.17) is 105 Å². The lowest BCUT2D eigenvalue weighted by atomic mass is 10.3. The third-order valence-electron chi connectivity index (χ3n) is 5.42. The lowest BCUT2D eigenvalue weighted by Crippen LogP contribution is -2.40. The van der Waals surface area contributed by atoms with Crippen molar-refractivity contribution in [3.63, 3.8) is 0 Å². The van der Waals surface area contributed by atoms with Crippen LogP contribution in [0.3, 0.4) is 0 Å². The first-order chi connectivity index (χ1) is 20.9. The van der Waals surface area contributed by atoms with Crippen LogP contribution < -0.4 is 14.2 Å². The highest BCUT2D eigenvalue weighted by molar-refractivity contribution is 6.44. The van der Waals surface area contributed by atoms with Crippen LogP contribution in [-0.4, -0.2) is 68.9 Å². The fraction of sp³-hybridized carbons (Fsp3) is 0.250. The van der Waals surface area contributed by atoms with E-state index < -0.39 is 31.1 Å². The number of ether oxygens (including phenoxy) is 5. The van der Waals surface area contributed by atoms with E-state index in [0.29, 0.717) is 10.8 Å². The highest BCUT2D eigenvalue weighted by Gasteiger charge is 2.18. The number of rotatable bonds is 15. The highest BCUT2D eigenvalue weighted by atomic mass is 35.5. The largest absolute Gasteiger partial charge is 0.484 e. The fourth-order valence-electron chi connectivity index (χ4n) is 3.25. The number of amides is 1. The molecule has 0 aliphatic heterocycles. The summed E-state index contributed by atoms with van der Waals surface area (Å²) in [7, 11) is 0. The van der Waals surface area contributed by atoms with Crippen LogP contribution in [0.1, 0.15) is 0 Å². The van der Waals surface area contributed by atoms with Gasteiger partial charge in [0.25, 0.3) is 5.91 Å². The van der Waals surface area contributed by atoms with Crippen molar-refractivity contribution in [1.82, 2.24) is 4.90 Å². The number of benzene rings is 3. The van der Waals surface area contributed by atoms with Gasteiger partial charge in [0.1, 0.15) is 30.5 Å². The molecule has 0 unspecified atom stereocenters. The monoisotopic (exact) mass is 745 g/mol. The van der Waals surface area contributed by atoms with Gasteiger partial charge in [-0.3, -0.25) is 4.79 Å². The average molecular weight is 749 g/mol. The topological polar surface area (TPSA) is 101 Å². The van der Waals surface area contributed by atoms with Crippen LogP contribution in [0.4, 0.5) is 0 Å². The second-order valence-corrected chi connectivity index (χ2v) is 11.4. The van der Waals surface area contributed by atoms with Gasteiger partial charge < -0.3 is 28.6 Å². The van der Waals surface area contributed by atoms with Gasteiger partial charge in [-0.2, -0.15) is 0 Å². The summed E-state index contributed by atoms with van der Waals surface area (Å²) in [6.45, 7) is -1.79. The molecule has 0 saturated heterocycles. The zero-order valence-corrected chi connectivity index (χ0v) is 27.7. The Morgan fingerprint density at radius 2 is 0.977 bits per heavy atom. The van der Waals surface area contributed by atoms with Crippen LogP contribution in [0.15, 0.2) is 48.5 Å². The molecule has 3 rings (SSSR count). The van der Waals surface area contributed by atoms with E-state index in [1.54, 1.807) is 24.3 Å². The fourth-order valence-corrected chi connectivity index (χ4v) is 4.56. The summed E-state index contributed by atoms with van der Waals surface area (Å²) >= 11 is 41.7. The Kier molecular flexibility index (Phi) is 14.6. The molecule has 0 heterocycles. The first kappa shape index (κ1) is 36.0. The van der Waals surface area contributed by atoms with Gasteiger partial charge in [0, 0.05) is 17.2 Å². The molecule has 0 atom stereocenters. The summed E-state index contributed by atoms with van der Waals surface area (Å²) in [5, 5.41) is 1.66. The lowest BCUT2D eigenvalue weighted by Gasteiger charge is -2.22. The van der Waals surface area contributed by atoms with Crippen molar-refractivity contribution in [3.8, 4) is 17.2 Å². The van der Waals surface area contributed by atoms with Crippen molar-refractivity contribution in [1.29, 1.82) is 0 Å². The number of carbonyl (C=O) groups excluding carboxylic acids is 3. The Bertz CT molecular complexity index is 1390. The van der Waals surface area contributed by atoms with Crippen molar-refractivity contribution >= 4 is 99.1 Å². The number of esters is 2. The highest BCUT2D eigenvalue weighted by Crippen LogP contribution is 2.34. The maximum atomic E-state index is 12.9. The maximum absolute atomic E-state index is 12.9. The van der Waals surface area contributed by atoms with Crippen molar-refractivity contribution in [2.75, 3.05) is 46.1 Å². The van der Waals surface area contributed by atoms with Gasteiger partial charge in [-0.15, -0.1) is 0 Å². The third kappa shape index (κ3) is 11.8. The number of hydrogen-bond acceptors (Lipinski definition) is 8. The van der Waals surface area contributed by atoms with Crippen molar-refractivity contribution in [2.45, 2.75) is 0 Å². The van der Waals surface area contributed by atoms with E-state index in [1.165, 1.54) is 29.2 Å². The second kappa shape index (κ2) is 17.8. The number of halogens is 7.